The second kappa shape index (κ2) is 8.68. The maximum absolute atomic E-state index is 9.23. The Labute approximate surface area is 94.6 Å². The van der Waals surface area contributed by atoms with Crippen molar-refractivity contribution in [3.05, 3.63) is 0 Å². The van der Waals surface area contributed by atoms with E-state index < -0.39 is 30.6 Å². The van der Waals surface area contributed by atoms with Crippen molar-refractivity contribution in [2.45, 2.75) is 0 Å². The summed E-state index contributed by atoms with van der Waals surface area (Å²) in [5.41, 5.74) is 0. The quantitative estimate of drug-likeness (QED) is 0.182. The monoisotopic (exact) mass is 250 g/mol. The average molecular weight is 250 g/mol. The molecule has 0 aromatic heterocycles. The van der Waals surface area contributed by atoms with Gasteiger partial charge in [-0.05, 0) is 0 Å². The maximum Gasteiger partial charge on any atom is 1.00 e. The minimum absolute atomic E-state index is 0. The van der Waals surface area contributed by atoms with Crippen LogP contribution < -0.4 is 29.6 Å². The minimum atomic E-state index is -4.96. The molecule has 70 valence electrons. The summed E-state index contributed by atoms with van der Waals surface area (Å²) >= 11 is -2.61. The van der Waals surface area contributed by atoms with E-state index in [-0.39, 0.29) is 29.6 Å². The largest absolute Gasteiger partial charge is 1.00 e. The molecule has 1 unspecified atom stereocenters. The summed E-state index contributed by atoms with van der Waals surface area (Å²) in [6.07, 6.45) is 0. The first kappa shape index (κ1) is 18.8. The van der Waals surface area contributed by atoms with Gasteiger partial charge in [-0.25, -0.2) is 12.6 Å². The summed E-state index contributed by atoms with van der Waals surface area (Å²) in [7, 11) is -8.23. The van der Waals surface area contributed by atoms with Crippen molar-refractivity contribution < 1.29 is 64.6 Å². The topological polar surface area (TPSA) is 152 Å². The van der Waals surface area contributed by atoms with Crippen molar-refractivity contribution in [3.63, 3.8) is 0 Å². The molecule has 3 N–H and O–H groups in total. The zero-order chi connectivity index (χ0) is 9.65. The zero-order valence-corrected chi connectivity index (χ0v) is 10.1. The molecular weight excluding hydrogens is 247 g/mol. The van der Waals surface area contributed by atoms with Crippen LogP contribution in [0.4, 0.5) is 0 Å². The number of hydrogen-bond acceptors (Lipinski definition) is 5. The standard InChI is InChI=1S/Na.H2O5S2.H2O3S/c;1-6(2)7(3,4)5;1-4(2)3/h;(H,1,2)(H,3,4,5);(H2,1,2,3)/q+1;;/p-1. The normalized spacial score (nSPS) is 12.4. The van der Waals surface area contributed by atoms with Gasteiger partial charge in [-0.3, -0.25) is 13.7 Å². The smallest absolute Gasteiger partial charge is 0.736 e. The molecule has 0 spiro atoms. The van der Waals surface area contributed by atoms with E-state index in [1.807, 2.05) is 0 Å². The van der Waals surface area contributed by atoms with Crippen molar-refractivity contribution in [3.8, 4) is 0 Å². The van der Waals surface area contributed by atoms with E-state index in [0.29, 0.717) is 0 Å². The molecule has 0 aromatic rings. The van der Waals surface area contributed by atoms with E-state index in [1.54, 1.807) is 0 Å². The molecule has 0 radical (unpaired) electrons. The predicted molar refractivity (Wildman–Crippen MR) is 33.9 cm³/mol. The molecule has 0 aromatic carbocycles. The van der Waals surface area contributed by atoms with E-state index >= 15 is 0 Å². The Morgan fingerprint density at radius 2 is 1.17 bits per heavy atom. The maximum atomic E-state index is 9.23. The molecular formula is H3NaO8S3. The molecule has 0 fully saturated rings. The van der Waals surface area contributed by atoms with E-state index in [1.165, 1.54) is 0 Å². The summed E-state index contributed by atoms with van der Waals surface area (Å²) in [5.74, 6) is 0. The number of hydrogen-bond donors (Lipinski definition) is 3. The summed E-state index contributed by atoms with van der Waals surface area (Å²) in [6.45, 7) is 0. The van der Waals surface area contributed by atoms with Crippen molar-refractivity contribution in [1.29, 1.82) is 0 Å². The van der Waals surface area contributed by atoms with Crippen LogP contribution in [0.5, 0.6) is 0 Å². The van der Waals surface area contributed by atoms with Gasteiger partial charge in [0.25, 0.3) is 21.5 Å². The Morgan fingerprint density at radius 3 is 1.17 bits per heavy atom. The first-order valence-corrected chi connectivity index (χ1v) is 5.64. The van der Waals surface area contributed by atoms with Crippen molar-refractivity contribution >= 4 is 30.6 Å². The van der Waals surface area contributed by atoms with Gasteiger partial charge in [0.2, 0.25) is 9.15 Å². The summed E-state index contributed by atoms with van der Waals surface area (Å²) in [6, 6.07) is 0. The average Bonchev–Trinajstić information content (AvgIpc) is 1.59. The van der Waals surface area contributed by atoms with Crippen LogP contribution in [0.3, 0.4) is 0 Å². The van der Waals surface area contributed by atoms with Crippen LogP contribution in [-0.4, -0.2) is 35.0 Å². The van der Waals surface area contributed by atoms with E-state index in [9.17, 15) is 17.2 Å². The van der Waals surface area contributed by atoms with Crippen molar-refractivity contribution in [2.75, 3.05) is 0 Å². The van der Waals surface area contributed by atoms with E-state index in [0.717, 1.165) is 0 Å². The zero-order valence-electron chi connectivity index (χ0n) is 5.61. The molecule has 0 rings (SSSR count). The van der Waals surface area contributed by atoms with Crippen LogP contribution >= 0.6 is 0 Å². The van der Waals surface area contributed by atoms with E-state index in [4.69, 9.17) is 17.9 Å². The Balaban J connectivity index is -0.000000142. The molecule has 0 amide bonds. The van der Waals surface area contributed by atoms with Gasteiger partial charge in [-0.2, -0.15) is 4.21 Å². The van der Waals surface area contributed by atoms with Crippen molar-refractivity contribution in [2.24, 2.45) is 0 Å². The SMILES string of the molecule is O=S(O)O.O=S(O)S(=O)(=O)[O-].[Na+]. The first-order valence-electron chi connectivity index (χ1n) is 1.55. The molecule has 0 aliphatic heterocycles. The molecule has 8 nitrogen and oxygen atoms in total. The molecule has 0 saturated carbocycles. The van der Waals surface area contributed by atoms with Crippen LogP contribution in [0.2, 0.25) is 0 Å². The number of rotatable bonds is 1. The molecule has 12 heavy (non-hydrogen) atoms. The fraction of sp³-hybridized carbons (Fsp3) is 0. The Kier molecular flexibility index (Phi) is 13.6. The molecule has 0 heterocycles. The third kappa shape index (κ3) is 22.5. The summed E-state index contributed by atoms with van der Waals surface area (Å²) < 4.78 is 67.2. The van der Waals surface area contributed by atoms with Crippen LogP contribution in [-0.2, 0) is 30.6 Å². The van der Waals surface area contributed by atoms with Gasteiger partial charge < -0.3 is 4.55 Å². The van der Waals surface area contributed by atoms with Crippen LogP contribution in [0.1, 0.15) is 0 Å². The molecule has 0 aliphatic carbocycles. The van der Waals surface area contributed by atoms with E-state index in [2.05, 4.69) is 0 Å². The fourth-order valence-electron chi connectivity index (χ4n) is 0. The van der Waals surface area contributed by atoms with Gasteiger partial charge >= 0.3 is 29.6 Å². The summed E-state index contributed by atoms with van der Waals surface area (Å²) in [4.78, 5) is 0. The van der Waals surface area contributed by atoms with Crippen molar-refractivity contribution in [1.82, 2.24) is 0 Å². The third-order valence-electron chi connectivity index (χ3n) is 0.175. The summed E-state index contributed by atoms with van der Waals surface area (Å²) in [5, 5.41) is 0. The first-order chi connectivity index (χ1) is 4.68. The predicted octanol–water partition coefficient (Wildman–Crippen LogP) is -4.65. The van der Waals surface area contributed by atoms with Gasteiger partial charge in [-0.1, -0.05) is 0 Å². The second-order valence-electron chi connectivity index (χ2n) is 0.856. The van der Waals surface area contributed by atoms with Gasteiger partial charge in [0.15, 0.2) is 0 Å². The Bertz CT molecular complexity index is 233. The van der Waals surface area contributed by atoms with Crippen LogP contribution in [0.25, 0.3) is 0 Å². The Morgan fingerprint density at radius 1 is 1.08 bits per heavy atom. The third-order valence-corrected chi connectivity index (χ3v) is 1.57. The van der Waals surface area contributed by atoms with Gasteiger partial charge in [0, 0.05) is 0 Å². The second-order valence-corrected chi connectivity index (χ2v) is 4.65. The van der Waals surface area contributed by atoms with Gasteiger partial charge in [0.05, 0.1) is 0 Å². The van der Waals surface area contributed by atoms with Crippen LogP contribution in [0.15, 0.2) is 0 Å². The molecule has 0 saturated heterocycles. The van der Waals surface area contributed by atoms with Crippen LogP contribution in [0, 0.1) is 0 Å². The van der Waals surface area contributed by atoms with Gasteiger partial charge in [-0.15, -0.1) is 0 Å². The molecule has 12 heteroatoms. The Hall–Kier alpha value is 1.09. The van der Waals surface area contributed by atoms with Gasteiger partial charge in [0.1, 0.15) is 0 Å². The molecule has 0 bridgehead atoms. The fourth-order valence-corrected chi connectivity index (χ4v) is 0. The molecule has 1 atom stereocenters. The minimum Gasteiger partial charge on any atom is -0.736 e. The molecule has 0 aliphatic rings.